The van der Waals surface area contributed by atoms with Gasteiger partial charge in [0.2, 0.25) is 0 Å². The molecule has 0 amide bonds. The molecule has 21 heavy (non-hydrogen) atoms. The fourth-order valence-electron chi connectivity index (χ4n) is 2.99. The van der Waals surface area contributed by atoms with Gasteiger partial charge < -0.3 is 10.1 Å². The highest BCUT2D eigenvalue weighted by Crippen LogP contribution is 2.29. The second-order valence-corrected chi connectivity index (χ2v) is 6.05. The van der Waals surface area contributed by atoms with Gasteiger partial charge in [0.1, 0.15) is 5.75 Å². The molecule has 1 N–H and O–H groups in total. The Hall–Kier alpha value is -1.51. The van der Waals surface area contributed by atoms with Crippen molar-refractivity contribution in [1.82, 2.24) is 5.32 Å². The summed E-state index contributed by atoms with van der Waals surface area (Å²) < 4.78 is 5.91. The number of ether oxygens (including phenoxy) is 1. The van der Waals surface area contributed by atoms with E-state index in [1.807, 2.05) is 25.2 Å². The molecule has 1 aliphatic heterocycles. The number of likely N-dealkylation sites (N-methyl/N-ethyl adjacent to an activating group) is 1. The van der Waals surface area contributed by atoms with E-state index in [2.05, 4.69) is 35.6 Å². The van der Waals surface area contributed by atoms with Crippen molar-refractivity contribution in [3.8, 4) is 5.75 Å². The fraction of sp³-hybridized carbons (Fsp3) is 0.333. The van der Waals surface area contributed by atoms with Crippen LogP contribution in [-0.4, -0.2) is 19.7 Å². The summed E-state index contributed by atoms with van der Waals surface area (Å²) in [6, 6.07) is 16.8. The van der Waals surface area contributed by atoms with Crippen LogP contribution in [0.1, 0.15) is 11.1 Å². The summed E-state index contributed by atoms with van der Waals surface area (Å²) in [5.41, 5.74) is 2.61. The van der Waals surface area contributed by atoms with Gasteiger partial charge in [-0.15, -0.1) is 0 Å². The molecule has 2 unspecified atom stereocenters. The van der Waals surface area contributed by atoms with Gasteiger partial charge in [-0.05, 0) is 49.2 Å². The van der Waals surface area contributed by atoms with Crippen molar-refractivity contribution >= 4 is 11.6 Å². The summed E-state index contributed by atoms with van der Waals surface area (Å²) in [7, 11) is 2.03. The van der Waals surface area contributed by atoms with Gasteiger partial charge in [0.25, 0.3) is 0 Å². The van der Waals surface area contributed by atoms with Crippen LogP contribution in [0.3, 0.4) is 0 Å². The predicted octanol–water partition coefficient (Wildman–Crippen LogP) is 3.72. The molecule has 2 nitrogen and oxygen atoms in total. The number of rotatable bonds is 4. The molecule has 2 aromatic rings. The maximum atomic E-state index is 5.95. The van der Waals surface area contributed by atoms with Crippen LogP contribution in [0.4, 0.5) is 0 Å². The Morgan fingerprint density at radius 1 is 1.19 bits per heavy atom. The number of hydrogen-bond acceptors (Lipinski definition) is 2. The minimum atomic E-state index is 0.402. The average molecular weight is 302 g/mol. The Kier molecular flexibility index (Phi) is 4.47. The van der Waals surface area contributed by atoms with E-state index in [0.717, 1.165) is 30.2 Å². The number of fused-ring (bicyclic) bond motifs is 1. The van der Waals surface area contributed by atoms with E-state index in [9.17, 15) is 0 Å². The molecule has 0 radical (unpaired) electrons. The van der Waals surface area contributed by atoms with Crippen molar-refractivity contribution in [2.75, 3.05) is 13.7 Å². The zero-order valence-electron chi connectivity index (χ0n) is 12.2. The third-order valence-corrected chi connectivity index (χ3v) is 4.47. The lowest BCUT2D eigenvalue weighted by molar-refractivity contribution is 0.187. The van der Waals surface area contributed by atoms with Gasteiger partial charge in [-0.2, -0.15) is 0 Å². The van der Waals surface area contributed by atoms with Crippen LogP contribution in [-0.2, 0) is 12.8 Å². The van der Waals surface area contributed by atoms with E-state index in [-0.39, 0.29) is 0 Å². The molecule has 3 rings (SSSR count). The van der Waals surface area contributed by atoms with Gasteiger partial charge in [-0.3, -0.25) is 0 Å². The first-order chi connectivity index (χ1) is 10.3. The van der Waals surface area contributed by atoms with Crippen molar-refractivity contribution in [2.45, 2.75) is 18.9 Å². The van der Waals surface area contributed by atoms with Crippen LogP contribution in [0.25, 0.3) is 0 Å². The van der Waals surface area contributed by atoms with Crippen molar-refractivity contribution in [2.24, 2.45) is 5.92 Å². The van der Waals surface area contributed by atoms with Crippen LogP contribution in [0.5, 0.6) is 5.75 Å². The predicted molar refractivity (Wildman–Crippen MR) is 87.1 cm³/mol. The number of benzene rings is 2. The molecule has 0 saturated heterocycles. The highest BCUT2D eigenvalue weighted by molar-refractivity contribution is 6.30. The average Bonchev–Trinajstić information content (AvgIpc) is 2.54. The van der Waals surface area contributed by atoms with Crippen LogP contribution in [0.2, 0.25) is 5.02 Å². The lowest BCUT2D eigenvalue weighted by Crippen LogP contribution is -2.41. The third-order valence-electron chi connectivity index (χ3n) is 4.22. The Morgan fingerprint density at radius 3 is 2.71 bits per heavy atom. The smallest absolute Gasteiger partial charge is 0.122 e. The lowest BCUT2D eigenvalue weighted by Gasteiger charge is -2.31. The maximum Gasteiger partial charge on any atom is 0.122 e. The normalized spacial score (nSPS) is 18.7. The molecule has 0 saturated carbocycles. The Morgan fingerprint density at radius 2 is 1.95 bits per heavy atom. The quantitative estimate of drug-likeness (QED) is 0.929. The molecule has 3 heteroatoms. The first kappa shape index (κ1) is 14.4. The SMILES string of the molecule is CNC(Cc1ccc(Cl)cc1)C1COc2ccccc2C1. The zero-order valence-corrected chi connectivity index (χ0v) is 12.9. The van der Waals surface area contributed by atoms with Gasteiger partial charge in [-0.25, -0.2) is 0 Å². The van der Waals surface area contributed by atoms with Gasteiger partial charge in [0, 0.05) is 17.0 Å². The van der Waals surface area contributed by atoms with E-state index in [1.165, 1.54) is 11.1 Å². The number of para-hydroxylation sites is 1. The Balaban J connectivity index is 1.71. The van der Waals surface area contributed by atoms with Gasteiger partial charge in [0.05, 0.1) is 6.61 Å². The summed E-state index contributed by atoms with van der Waals surface area (Å²) in [5.74, 6) is 1.52. The van der Waals surface area contributed by atoms with Gasteiger partial charge in [0.15, 0.2) is 0 Å². The van der Waals surface area contributed by atoms with Crippen LogP contribution in [0.15, 0.2) is 48.5 Å². The Bertz CT molecular complexity index is 596. The first-order valence-corrected chi connectivity index (χ1v) is 7.76. The molecule has 0 bridgehead atoms. The monoisotopic (exact) mass is 301 g/mol. The molecule has 1 heterocycles. The van der Waals surface area contributed by atoms with Gasteiger partial charge in [-0.1, -0.05) is 41.9 Å². The second kappa shape index (κ2) is 6.50. The molecule has 0 aliphatic carbocycles. The standard InChI is InChI=1S/C18H20ClNO/c1-20-17(10-13-6-8-16(19)9-7-13)15-11-14-4-2-3-5-18(14)21-12-15/h2-9,15,17,20H,10-12H2,1H3. The molecule has 0 spiro atoms. The van der Waals surface area contributed by atoms with Crippen LogP contribution < -0.4 is 10.1 Å². The first-order valence-electron chi connectivity index (χ1n) is 7.38. The highest BCUT2D eigenvalue weighted by Gasteiger charge is 2.26. The highest BCUT2D eigenvalue weighted by atomic mass is 35.5. The van der Waals surface area contributed by atoms with Crippen LogP contribution in [0, 0.1) is 5.92 Å². The summed E-state index contributed by atoms with van der Waals surface area (Å²) in [6.45, 7) is 0.774. The maximum absolute atomic E-state index is 5.95. The molecule has 0 fully saturated rings. The lowest BCUT2D eigenvalue weighted by atomic mass is 9.87. The third kappa shape index (κ3) is 3.39. The zero-order chi connectivity index (χ0) is 14.7. The van der Waals surface area contributed by atoms with Gasteiger partial charge >= 0.3 is 0 Å². The molecular formula is C18H20ClNO. The van der Waals surface area contributed by atoms with Crippen molar-refractivity contribution in [1.29, 1.82) is 0 Å². The number of nitrogens with one attached hydrogen (secondary N) is 1. The molecule has 2 atom stereocenters. The molecule has 0 aromatic heterocycles. The summed E-state index contributed by atoms with van der Waals surface area (Å²) in [6.07, 6.45) is 2.05. The fourth-order valence-corrected chi connectivity index (χ4v) is 3.11. The minimum Gasteiger partial charge on any atom is -0.493 e. The molecule has 1 aliphatic rings. The van der Waals surface area contributed by atoms with E-state index < -0.39 is 0 Å². The van der Waals surface area contributed by atoms with E-state index in [1.54, 1.807) is 0 Å². The minimum absolute atomic E-state index is 0.402. The largest absolute Gasteiger partial charge is 0.493 e. The van der Waals surface area contributed by atoms with Crippen molar-refractivity contribution in [3.63, 3.8) is 0 Å². The molecule has 2 aromatic carbocycles. The molecule has 110 valence electrons. The Labute approximate surface area is 131 Å². The number of halogens is 1. The number of hydrogen-bond donors (Lipinski definition) is 1. The topological polar surface area (TPSA) is 21.3 Å². The second-order valence-electron chi connectivity index (χ2n) is 5.61. The van der Waals surface area contributed by atoms with Crippen LogP contribution >= 0.6 is 11.6 Å². The van der Waals surface area contributed by atoms with E-state index >= 15 is 0 Å². The summed E-state index contributed by atoms with van der Waals surface area (Å²) >= 11 is 5.95. The van der Waals surface area contributed by atoms with E-state index in [0.29, 0.717) is 12.0 Å². The summed E-state index contributed by atoms with van der Waals surface area (Å²) in [4.78, 5) is 0. The van der Waals surface area contributed by atoms with Crippen molar-refractivity contribution in [3.05, 3.63) is 64.7 Å². The van der Waals surface area contributed by atoms with E-state index in [4.69, 9.17) is 16.3 Å². The van der Waals surface area contributed by atoms with Crippen molar-refractivity contribution < 1.29 is 4.74 Å². The molecular weight excluding hydrogens is 282 g/mol. The summed E-state index contributed by atoms with van der Waals surface area (Å²) in [5, 5.41) is 4.24.